The van der Waals surface area contributed by atoms with E-state index in [4.69, 9.17) is 10.9 Å². The van der Waals surface area contributed by atoms with Crippen molar-refractivity contribution in [2.75, 3.05) is 6.54 Å². The first-order valence-corrected chi connectivity index (χ1v) is 4.04. The SMILES string of the molecule is CC(=O)N1CC[C@@H](N)[C@H]1C(=O)NO. The molecule has 4 N–H and O–H groups in total. The van der Waals surface area contributed by atoms with Gasteiger partial charge in [0.2, 0.25) is 5.91 Å². The predicted octanol–water partition coefficient (Wildman–Crippen LogP) is -1.56. The summed E-state index contributed by atoms with van der Waals surface area (Å²) < 4.78 is 0. The van der Waals surface area contributed by atoms with Crippen LogP contribution in [0.15, 0.2) is 0 Å². The number of rotatable bonds is 1. The number of carbonyl (C=O) groups is 2. The van der Waals surface area contributed by atoms with Crippen LogP contribution in [0.25, 0.3) is 0 Å². The van der Waals surface area contributed by atoms with Gasteiger partial charge in [0, 0.05) is 19.5 Å². The molecule has 0 aromatic carbocycles. The van der Waals surface area contributed by atoms with Crippen molar-refractivity contribution in [2.45, 2.75) is 25.4 Å². The summed E-state index contributed by atoms with van der Waals surface area (Å²) in [4.78, 5) is 23.5. The zero-order valence-corrected chi connectivity index (χ0v) is 7.36. The normalized spacial score (nSPS) is 27.5. The Morgan fingerprint density at radius 2 is 2.23 bits per heavy atom. The summed E-state index contributed by atoms with van der Waals surface area (Å²) in [5.74, 6) is -0.832. The maximum atomic E-state index is 11.1. The molecule has 0 saturated carbocycles. The van der Waals surface area contributed by atoms with Crippen LogP contribution in [-0.4, -0.2) is 40.5 Å². The largest absolute Gasteiger partial charge is 0.329 e. The first-order chi connectivity index (χ1) is 6.07. The van der Waals surface area contributed by atoms with Gasteiger partial charge < -0.3 is 10.6 Å². The van der Waals surface area contributed by atoms with Crippen LogP contribution in [0, 0.1) is 0 Å². The van der Waals surface area contributed by atoms with Gasteiger partial charge in [-0.1, -0.05) is 0 Å². The number of likely N-dealkylation sites (tertiary alicyclic amines) is 1. The maximum absolute atomic E-state index is 11.1. The highest BCUT2D eigenvalue weighted by Gasteiger charge is 2.38. The minimum absolute atomic E-state index is 0.207. The third-order valence-corrected chi connectivity index (χ3v) is 2.23. The lowest BCUT2D eigenvalue weighted by Crippen LogP contribution is -2.51. The molecule has 2 atom stereocenters. The molecule has 1 heterocycles. The molecular formula is C7H13N3O3. The molecule has 6 nitrogen and oxygen atoms in total. The van der Waals surface area contributed by atoms with Crippen LogP contribution in [0.1, 0.15) is 13.3 Å². The molecule has 0 unspecified atom stereocenters. The van der Waals surface area contributed by atoms with Crippen LogP contribution in [0.4, 0.5) is 0 Å². The summed E-state index contributed by atoms with van der Waals surface area (Å²) in [6.07, 6.45) is 0.581. The fourth-order valence-electron chi connectivity index (χ4n) is 1.57. The number of hydrogen-bond donors (Lipinski definition) is 3. The van der Waals surface area contributed by atoms with Gasteiger partial charge in [-0.15, -0.1) is 0 Å². The van der Waals surface area contributed by atoms with Crippen molar-refractivity contribution in [1.29, 1.82) is 0 Å². The van der Waals surface area contributed by atoms with Gasteiger partial charge in [0.1, 0.15) is 6.04 Å². The summed E-state index contributed by atoms with van der Waals surface area (Å²) in [7, 11) is 0. The number of hydrogen-bond acceptors (Lipinski definition) is 4. The number of nitrogens with one attached hydrogen (secondary N) is 1. The fraction of sp³-hybridized carbons (Fsp3) is 0.714. The van der Waals surface area contributed by atoms with Crippen LogP contribution in [-0.2, 0) is 9.59 Å². The van der Waals surface area contributed by atoms with Crippen molar-refractivity contribution in [3.63, 3.8) is 0 Å². The topological polar surface area (TPSA) is 95.7 Å². The molecule has 0 aromatic heterocycles. The molecule has 1 aliphatic heterocycles. The molecule has 1 fully saturated rings. The molecule has 0 radical (unpaired) electrons. The summed E-state index contributed by atoms with van der Waals surface area (Å²) in [6, 6.07) is -1.13. The Bertz CT molecular complexity index is 231. The second-order valence-electron chi connectivity index (χ2n) is 3.09. The summed E-state index contributed by atoms with van der Waals surface area (Å²) >= 11 is 0. The average molecular weight is 187 g/mol. The van der Waals surface area contributed by atoms with Gasteiger partial charge in [0.05, 0.1) is 0 Å². The van der Waals surface area contributed by atoms with Gasteiger partial charge in [0.25, 0.3) is 5.91 Å². The van der Waals surface area contributed by atoms with Crippen molar-refractivity contribution < 1.29 is 14.8 Å². The van der Waals surface area contributed by atoms with E-state index in [-0.39, 0.29) is 5.91 Å². The lowest BCUT2D eigenvalue weighted by atomic mass is 10.1. The second-order valence-corrected chi connectivity index (χ2v) is 3.09. The van der Waals surface area contributed by atoms with Gasteiger partial charge in [0.15, 0.2) is 0 Å². The summed E-state index contributed by atoms with van der Waals surface area (Å²) in [5.41, 5.74) is 7.13. The minimum Gasteiger partial charge on any atom is -0.329 e. The molecule has 2 amide bonds. The van der Waals surface area contributed by atoms with Crippen molar-refractivity contribution in [1.82, 2.24) is 10.4 Å². The predicted molar refractivity (Wildman–Crippen MR) is 43.7 cm³/mol. The molecule has 1 aliphatic rings. The van der Waals surface area contributed by atoms with Crippen LogP contribution < -0.4 is 11.2 Å². The van der Waals surface area contributed by atoms with Crippen LogP contribution >= 0.6 is 0 Å². The van der Waals surface area contributed by atoms with Crippen molar-refractivity contribution in [3.8, 4) is 0 Å². The van der Waals surface area contributed by atoms with Gasteiger partial charge in [-0.3, -0.25) is 14.8 Å². The Kier molecular flexibility index (Phi) is 2.84. The van der Waals surface area contributed by atoms with Crippen LogP contribution in [0.2, 0.25) is 0 Å². The quantitative estimate of drug-likeness (QED) is 0.341. The number of nitrogens with two attached hydrogens (primary N) is 1. The fourth-order valence-corrected chi connectivity index (χ4v) is 1.57. The van der Waals surface area contributed by atoms with Gasteiger partial charge >= 0.3 is 0 Å². The van der Waals surface area contributed by atoms with E-state index in [2.05, 4.69) is 0 Å². The van der Waals surface area contributed by atoms with Crippen molar-refractivity contribution in [3.05, 3.63) is 0 Å². The average Bonchev–Trinajstić information content (AvgIpc) is 2.46. The number of nitrogens with zero attached hydrogens (tertiary/aromatic N) is 1. The molecule has 0 aliphatic carbocycles. The molecule has 0 spiro atoms. The van der Waals surface area contributed by atoms with E-state index in [9.17, 15) is 9.59 Å². The molecule has 13 heavy (non-hydrogen) atoms. The summed E-state index contributed by atoms with van der Waals surface area (Å²) in [5, 5.41) is 8.42. The van der Waals surface area contributed by atoms with Crippen LogP contribution in [0.5, 0.6) is 0 Å². The van der Waals surface area contributed by atoms with E-state index >= 15 is 0 Å². The van der Waals surface area contributed by atoms with E-state index in [0.717, 1.165) is 0 Å². The minimum atomic E-state index is -0.734. The van der Waals surface area contributed by atoms with Crippen molar-refractivity contribution >= 4 is 11.8 Å². The molecule has 1 rings (SSSR count). The van der Waals surface area contributed by atoms with Gasteiger partial charge in [-0.05, 0) is 6.42 Å². The first-order valence-electron chi connectivity index (χ1n) is 4.04. The third kappa shape index (κ3) is 1.78. The highest BCUT2D eigenvalue weighted by molar-refractivity contribution is 5.87. The Balaban J connectivity index is 2.76. The van der Waals surface area contributed by atoms with Crippen molar-refractivity contribution in [2.24, 2.45) is 5.73 Å². The zero-order valence-electron chi connectivity index (χ0n) is 7.36. The Labute approximate surface area is 75.6 Å². The Morgan fingerprint density at radius 1 is 1.62 bits per heavy atom. The lowest BCUT2D eigenvalue weighted by Gasteiger charge is -2.23. The monoisotopic (exact) mass is 187 g/mol. The highest BCUT2D eigenvalue weighted by atomic mass is 16.5. The van der Waals surface area contributed by atoms with E-state index in [1.54, 1.807) is 0 Å². The van der Waals surface area contributed by atoms with Crippen LogP contribution in [0.3, 0.4) is 0 Å². The molecule has 0 bridgehead atoms. The Morgan fingerprint density at radius 3 is 2.69 bits per heavy atom. The number of carbonyl (C=O) groups excluding carboxylic acids is 2. The number of amides is 2. The smallest absolute Gasteiger partial charge is 0.267 e. The zero-order chi connectivity index (χ0) is 10.0. The first kappa shape index (κ1) is 9.94. The standard InChI is InChI=1S/C7H13N3O3/c1-4(11)10-3-2-5(8)6(10)7(12)9-13/h5-6,13H,2-3,8H2,1H3,(H,9,12)/t5-,6+/m1/s1. The molecule has 74 valence electrons. The maximum Gasteiger partial charge on any atom is 0.267 e. The van der Waals surface area contributed by atoms with Gasteiger partial charge in [-0.2, -0.15) is 0 Å². The van der Waals surface area contributed by atoms with E-state index < -0.39 is 18.0 Å². The second kappa shape index (κ2) is 3.71. The Hall–Kier alpha value is -1.14. The molecular weight excluding hydrogens is 174 g/mol. The number of hydroxylamine groups is 1. The molecule has 6 heteroatoms. The third-order valence-electron chi connectivity index (χ3n) is 2.23. The molecule has 0 aromatic rings. The highest BCUT2D eigenvalue weighted by Crippen LogP contribution is 2.16. The summed E-state index contributed by atoms with van der Waals surface area (Å²) in [6.45, 7) is 1.84. The van der Waals surface area contributed by atoms with Gasteiger partial charge in [-0.25, -0.2) is 5.48 Å². The van der Waals surface area contributed by atoms with E-state index in [1.165, 1.54) is 17.3 Å². The van der Waals surface area contributed by atoms with E-state index in [0.29, 0.717) is 13.0 Å². The molecule has 1 saturated heterocycles. The van der Waals surface area contributed by atoms with E-state index in [1.807, 2.05) is 0 Å². The lowest BCUT2D eigenvalue weighted by molar-refractivity contribution is -0.141.